The predicted molar refractivity (Wildman–Crippen MR) is 107 cm³/mol. The van der Waals surface area contributed by atoms with Crippen molar-refractivity contribution in [3.8, 4) is 0 Å². The third kappa shape index (κ3) is 4.46. The highest BCUT2D eigenvalue weighted by atomic mass is 35.5. The number of carbonyl (C=O) groups excluding carboxylic acids is 1. The number of hydrogen-bond acceptors (Lipinski definition) is 4. The van der Waals surface area contributed by atoms with E-state index in [1.807, 2.05) is 11.8 Å². The average molecular weight is 431 g/mol. The van der Waals surface area contributed by atoms with Gasteiger partial charge in [-0.25, -0.2) is 8.42 Å². The van der Waals surface area contributed by atoms with Gasteiger partial charge in [0.1, 0.15) is 0 Å². The normalized spacial score (nSPS) is 14.9. The van der Waals surface area contributed by atoms with Gasteiger partial charge in [0.05, 0.1) is 14.9 Å². The molecule has 0 atom stereocenters. The minimum atomic E-state index is -3.84. The van der Waals surface area contributed by atoms with E-state index in [0.29, 0.717) is 24.3 Å². The third-order valence-corrected chi connectivity index (χ3v) is 6.92. The Labute approximate surface area is 166 Å². The van der Waals surface area contributed by atoms with Gasteiger partial charge in [-0.05, 0) is 36.4 Å². The first-order valence-electron chi connectivity index (χ1n) is 7.82. The summed E-state index contributed by atoms with van der Waals surface area (Å²) in [4.78, 5) is 14.4. The zero-order valence-corrected chi connectivity index (χ0v) is 16.8. The minimum absolute atomic E-state index is 0.00307. The Kier molecular flexibility index (Phi) is 6.02. The molecule has 1 fully saturated rings. The molecule has 5 nitrogen and oxygen atoms in total. The Morgan fingerprint density at radius 1 is 1.04 bits per heavy atom. The number of nitrogens with one attached hydrogen (secondary N) is 1. The highest BCUT2D eigenvalue weighted by molar-refractivity contribution is 7.99. The molecule has 0 saturated carbocycles. The van der Waals surface area contributed by atoms with Crippen molar-refractivity contribution in [2.75, 3.05) is 29.3 Å². The largest absolute Gasteiger partial charge is 0.337 e. The van der Waals surface area contributed by atoms with Crippen LogP contribution >= 0.6 is 35.0 Å². The van der Waals surface area contributed by atoms with Crippen molar-refractivity contribution in [3.05, 3.63) is 58.1 Å². The summed E-state index contributed by atoms with van der Waals surface area (Å²) >= 11 is 13.5. The Bertz CT molecular complexity index is 929. The van der Waals surface area contributed by atoms with Crippen LogP contribution in [0, 0.1) is 0 Å². The van der Waals surface area contributed by atoms with Gasteiger partial charge in [-0.3, -0.25) is 9.52 Å². The summed E-state index contributed by atoms with van der Waals surface area (Å²) in [5.41, 5.74) is 0.763. The maximum Gasteiger partial charge on any atom is 0.261 e. The van der Waals surface area contributed by atoms with Gasteiger partial charge in [0.15, 0.2) is 0 Å². The topological polar surface area (TPSA) is 66.5 Å². The van der Waals surface area contributed by atoms with Crippen molar-refractivity contribution in [2.45, 2.75) is 4.90 Å². The van der Waals surface area contributed by atoms with Crippen LogP contribution in [0.4, 0.5) is 5.69 Å². The zero-order valence-electron chi connectivity index (χ0n) is 13.6. The minimum Gasteiger partial charge on any atom is -0.337 e. The molecular formula is C17H16Cl2N2O3S2. The molecule has 0 radical (unpaired) electrons. The summed E-state index contributed by atoms with van der Waals surface area (Å²) in [6.45, 7) is 1.39. The van der Waals surface area contributed by atoms with Crippen LogP contribution in [-0.2, 0) is 10.0 Å². The molecule has 1 amide bonds. The second-order valence-electron chi connectivity index (χ2n) is 5.67. The molecule has 0 spiro atoms. The zero-order chi connectivity index (χ0) is 18.7. The second kappa shape index (κ2) is 8.08. The number of sulfonamides is 1. The number of halogens is 2. The average Bonchev–Trinajstić information content (AvgIpc) is 2.64. The Morgan fingerprint density at radius 2 is 1.77 bits per heavy atom. The molecule has 1 heterocycles. The number of hydrogen-bond donors (Lipinski definition) is 1. The van der Waals surface area contributed by atoms with Gasteiger partial charge in [0.2, 0.25) is 0 Å². The summed E-state index contributed by atoms with van der Waals surface area (Å²) in [7, 11) is -3.84. The van der Waals surface area contributed by atoms with Crippen LogP contribution in [0.3, 0.4) is 0 Å². The number of thioether (sulfide) groups is 1. The molecule has 1 aliphatic heterocycles. The number of amides is 1. The first-order valence-corrected chi connectivity index (χ1v) is 11.2. The fraction of sp³-hybridized carbons (Fsp3) is 0.235. The molecule has 0 aromatic heterocycles. The van der Waals surface area contributed by atoms with Gasteiger partial charge in [-0.15, -0.1) is 0 Å². The predicted octanol–water partition coefficient (Wildman–Crippen LogP) is 3.98. The van der Waals surface area contributed by atoms with Crippen LogP contribution in [0.1, 0.15) is 10.4 Å². The SMILES string of the molecule is O=C(c1cccc(NS(=O)(=O)c2ccc(Cl)c(Cl)c2)c1)N1CCSCC1. The van der Waals surface area contributed by atoms with E-state index in [0.717, 1.165) is 11.5 Å². The second-order valence-corrected chi connectivity index (χ2v) is 9.39. The molecule has 138 valence electrons. The maximum atomic E-state index is 12.6. The van der Waals surface area contributed by atoms with E-state index < -0.39 is 10.0 Å². The van der Waals surface area contributed by atoms with Crippen molar-refractivity contribution in [2.24, 2.45) is 0 Å². The van der Waals surface area contributed by atoms with E-state index in [9.17, 15) is 13.2 Å². The van der Waals surface area contributed by atoms with Crippen molar-refractivity contribution < 1.29 is 13.2 Å². The molecule has 3 rings (SSSR count). The lowest BCUT2D eigenvalue weighted by molar-refractivity contribution is 0.0772. The molecule has 9 heteroatoms. The lowest BCUT2D eigenvalue weighted by Gasteiger charge is -2.26. The smallest absolute Gasteiger partial charge is 0.261 e. The Morgan fingerprint density at radius 3 is 2.46 bits per heavy atom. The van der Waals surface area contributed by atoms with Crippen molar-refractivity contribution >= 4 is 56.6 Å². The van der Waals surface area contributed by atoms with Gasteiger partial charge in [0.25, 0.3) is 15.9 Å². The van der Waals surface area contributed by atoms with Crippen LogP contribution in [0.2, 0.25) is 10.0 Å². The number of nitrogens with zero attached hydrogens (tertiary/aromatic N) is 1. The standard InChI is InChI=1S/C17H16Cl2N2O3S2/c18-15-5-4-14(11-16(15)19)26(23,24)20-13-3-1-2-12(10-13)17(22)21-6-8-25-9-7-21/h1-5,10-11,20H,6-9H2. The molecule has 0 unspecified atom stereocenters. The Hall–Kier alpha value is -1.41. The molecule has 0 aliphatic carbocycles. The van der Waals surface area contributed by atoms with Crippen molar-refractivity contribution in [1.29, 1.82) is 0 Å². The highest BCUT2D eigenvalue weighted by Crippen LogP contribution is 2.26. The molecule has 2 aromatic carbocycles. The highest BCUT2D eigenvalue weighted by Gasteiger charge is 2.20. The number of anilines is 1. The van der Waals surface area contributed by atoms with E-state index >= 15 is 0 Å². The fourth-order valence-electron chi connectivity index (χ4n) is 2.52. The first kappa shape index (κ1) is 19.4. The van der Waals surface area contributed by atoms with Crippen LogP contribution in [0.25, 0.3) is 0 Å². The van der Waals surface area contributed by atoms with E-state index in [1.54, 1.807) is 29.2 Å². The van der Waals surface area contributed by atoms with Crippen LogP contribution < -0.4 is 4.72 Å². The van der Waals surface area contributed by atoms with E-state index in [4.69, 9.17) is 23.2 Å². The molecular weight excluding hydrogens is 415 g/mol. The monoisotopic (exact) mass is 430 g/mol. The van der Waals surface area contributed by atoms with Crippen LogP contribution in [0.15, 0.2) is 47.4 Å². The van der Waals surface area contributed by atoms with Crippen LogP contribution in [-0.4, -0.2) is 43.8 Å². The summed E-state index contributed by atoms with van der Waals surface area (Å²) < 4.78 is 27.5. The molecule has 1 saturated heterocycles. The van der Waals surface area contributed by atoms with Gasteiger partial charge >= 0.3 is 0 Å². The van der Waals surface area contributed by atoms with Crippen molar-refractivity contribution in [3.63, 3.8) is 0 Å². The molecule has 0 bridgehead atoms. The lowest BCUT2D eigenvalue weighted by atomic mass is 10.2. The Balaban J connectivity index is 1.81. The van der Waals surface area contributed by atoms with Crippen molar-refractivity contribution in [1.82, 2.24) is 4.90 Å². The number of rotatable bonds is 4. The summed E-state index contributed by atoms with van der Waals surface area (Å²) in [5.74, 6) is 1.73. The van der Waals surface area contributed by atoms with Gasteiger partial charge in [0, 0.05) is 35.8 Å². The quantitative estimate of drug-likeness (QED) is 0.795. The molecule has 1 N–H and O–H groups in total. The van der Waals surface area contributed by atoms with E-state index in [1.165, 1.54) is 18.2 Å². The first-order chi connectivity index (χ1) is 12.4. The number of benzene rings is 2. The summed E-state index contributed by atoms with van der Waals surface area (Å²) in [6.07, 6.45) is 0. The number of carbonyl (C=O) groups is 1. The third-order valence-electron chi connectivity index (χ3n) is 3.86. The van der Waals surface area contributed by atoms with Gasteiger partial charge in [-0.2, -0.15) is 11.8 Å². The molecule has 26 heavy (non-hydrogen) atoms. The van der Waals surface area contributed by atoms with Crippen LogP contribution in [0.5, 0.6) is 0 Å². The summed E-state index contributed by atoms with van der Waals surface area (Å²) in [6, 6.07) is 10.5. The lowest BCUT2D eigenvalue weighted by Crippen LogP contribution is -2.37. The molecule has 2 aromatic rings. The van der Waals surface area contributed by atoms with Gasteiger partial charge in [-0.1, -0.05) is 29.3 Å². The van der Waals surface area contributed by atoms with Gasteiger partial charge < -0.3 is 4.90 Å². The maximum absolute atomic E-state index is 12.6. The van der Waals surface area contributed by atoms with E-state index in [2.05, 4.69) is 4.72 Å². The molecule has 1 aliphatic rings. The summed E-state index contributed by atoms with van der Waals surface area (Å²) in [5, 5.41) is 0.430. The fourth-order valence-corrected chi connectivity index (χ4v) is 4.86. The van der Waals surface area contributed by atoms with E-state index in [-0.39, 0.29) is 20.8 Å².